The first-order chi connectivity index (χ1) is 10.3. The van der Waals surface area contributed by atoms with Gasteiger partial charge in [-0.15, -0.1) is 0 Å². The molecule has 3 nitrogen and oxygen atoms in total. The molecule has 3 aromatic rings. The molecule has 0 aromatic heterocycles. The Morgan fingerprint density at radius 3 is 2.67 bits per heavy atom. The van der Waals surface area contributed by atoms with Gasteiger partial charge < -0.3 is 11.1 Å². The van der Waals surface area contributed by atoms with E-state index in [1.165, 1.54) is 16.3 Å². The largest absolute Gasteiger partial charge is 0.397 e. The van der Waals surface area contributed by atoms with E-state index in [0.29, 0.717) is 17.8 Å². The number of anilines is 2. The fourth-order valence-corrected chi connectivity index (χ4v) is 2.42. The van der Waals surface area contributed by atoms with Crippen molar-refractivity contribution < 1.29 is 0 Å². The van der Waals surface area contributed by atoms with Gasteiger partial charge in [0.25, 0.3) is 0 Å². The quantitative estimate of drug-likeness (QED) is 0.711. The molecule has 0 aliphatic heterocycles. The zero-order valence-corrected chi connectivity index (χ0v) is 11.5. The van der Waals surface area contributed by atoms with E-state index in [2.05, 4.69) is 41.7 Å². The van der Waals surface area contributed by atoms with Crippen LogP contribution in [-0.2, 0) is 6.54 Å². The SMILES string of the molecule is N#Cc1ccc(N)c(NCc2cccc3ccccc23)c1. The van der Waals surface area contributed by atoms with Crippen molar-refractivity contribution in [3.05, 3.63) is 71.8 Å². The lowest BCUT2D eigenvalue weighted by atomic mass is 10.0. The molecule has 0 heterocycles. The lowest BCUT2D eigenvalue weighted by Gasteiger charge is -2.11. The second-order valence-electron chi connectivity index (χ2n) is 4.91. The third-order valence-electron chi connectivity index (χ3n) is 3.53. The summed E-state index contributed by atoms with van der Waals surface area (Å²) in [6.45, 7) is 0.667. The molecule has 3 rings (SSSR count). The maximum Gasteiger partial charge on any atom is 0.0992 e. The number of hydrogen-bond donors (Lipinski definition) is 2. The van der Waals surface area contributed by atoms with Crippen LogP contribution in [0.15, 0.2) is 60.7 Å². The highest BCUT2D eigenvalue weighted by molar-refractivity contribution is 5.86. The molecule has 0 amide bonds. The maximum absolute atomic E-state index is 8.96. The fourth-order valence-electron chi connectivity index (χ4n) is 2.42. The Balaban J connectivity index is 1.89. The highest BCUT2D eigenvalue weighted by atomic mass is 14.9. The van der Waals surface area contributed by atoms with Crippen LogP contribution in [0.2, 0.25) is 0 Å². The topological polar surface area (TPSA) is 61.8 Å². The second kappa shape index (κ2) is 5.56. The molecule has 0 unspecified atom stereocenters. The van der Waals surface area contributed by atoms with E-state index in [1.54, 1.807) is 18.2 Å². The van der Waals surface area contributed by atoms with Gasteiger partial charge in [0.05, 0.1) is 23.0 Å². The van der Waals surface area contributed by atoms with Crippen molar-refractivity contribution in [2.45, 2.75) is 6.54 Å². The van der Waals surface area contributed by atoms with E-state index in [0.717, 1.165) is 5.69 Å². The number of hydrogen-bond acceptors (Lipinski definition) is 3. The van der Waals surface area contributed by atoms with Crippen molar-refractivity contribution in [3.8, 4) is 6.07 Å². The van der Waals surface area contributed by atoms with Crippen molar-refractivity contribution in [2.24, 2.45) is 0 Å². The summed E-state index contributed by atoms with van der Waals surface area (Å²) >= 11 is 0. The van der Waals surface area contributed by atoms with Gasteiger partial charge in [-0.05, 0) is 34.5 Å². The summed E-state index contributed by atoms with van der Waals surface area (Å²) in [4.78, 5) is 0. The van der Waals surface area contributed by atoms with Gasteiger partial charge in [0, 0.05) is 6.54 Å². The number of nitrogens with two attached hydrogens (primary N) is 1. The van der Waals surface area contributed by atoms with Gasteiger partial charge in [-0.1, -0.05) is 42.5 Å². The first kappa shape index (κ1) is 13.0. The second-order valence-corrected chi connectivity index (χ2v) is 4.91. The summed E-state index contributed by atoms with van der Waals surface area (Å²) in [5.74, 6) is 0. The first-order valence-corrected chi connectivity index (χ1v) is 6.78. The van der Waals surface area contributed by atoms with Crippen LogP contribution in [0, 0.1) is 11.3 Å². The van der Waals surface area contributed by atoms with Crippen LogP contribution in [0.1, 0.15) is 11.1 Å². The summed E-state index contributed by atoms with van der Waals surface area (Å²) in [5.41, 5.74) is 9.20. The van der Waals surface area contributed by atoms with E-state index in [4.69, 9.17) is 11.0 Å². The zero-order valence-electron chi connectivity index (χ0n) is 11.5. The zero-order chi connectivity index (χ0) is 14.7. The summed E-state index contributed by atoms with van der Waals surface area (Å²) in [6.07, 6.45) is 0. The molecule has 0 atom stereocenters. The standard InChI is InChI=1S/C18H15N3/c19-11-13-8-9-17(20)18(10-13)21-12-15-6-3-5-14-4-1-2-7-16(14)15/h1-10,21H,12,20H2. The Morgan fingerprint density at radius 2 is 1.81 bits per heavy atom. The van der Waals surface area contributed by atoms with E-state index in [1.807, 2.05) is 12.1 Å². The van der Waals surface area contributed by atoms with E-state index >= 15 is 0 Å². The third-order valence-corrected chi connectivity index (χ3v) is 3.53. The smallest absolute Gasteiger partial charge is 0.0992 e. The van der Waals surface area contributed by atoms with Gasteiger partial charge in [0.1, 0.15) is 0 Å². The average Bonchev–Trinajstić information content (AvgIpc) is 2.54. The molecule has 0 bridgehead atoms. The van der Waals surface area contributed by atoms with E-state index in [-0.39, 0.29) is 0 Å². The molecular formula is C18H15N3. The van der Waals surface area contributed by atoms with Crippen LogP contribution in [-0.4, -0.2) is 0 Å². The van der Waals surface area contributed by atoms with Crippen LogP contribution in [0.25, 0.3) is 10.8 Å². The minimum Gasteiger partial charge on any atom is -0.397 e. The van der Waals surface area contributed by atoms with Crippen LogP contribution < -0.4 is 11.1 Å². The molecule has 0 aliphatic carbocycles. The number of nitrogen functional groups attached to an aromatic ring is 1. The summed E-state index contributed by atoms with van der Waals surface area (Å²) in [6, 6.07) is 21.9. The molecule has 0 saturated carbocycles. The lowest BCUT2D eigenvalue weighted by molar-refractivity contribution is 1.17. The van der Waals surface area contributed by atoms with Gasteiger partial charge in [0.2, 0.25) is 0 Å². The van der Waals surface area contributed by atoms with Crippen molar-refractivity contribution >= 4 is 22.1 Å². The molecule has 0 radical (unpaired) electrons. The van der Waals surface area contributed by atoms with Crippen LogP contribution in [0.4, 0.5) is 11.4 Å². The van der Waals surface area contributed by atoms with Crippen LogP contribution in [0.5, 0.6) is 0 Å². The minimum absolute atomic E-state index is 0.601. The molecule has 3 heteroatoms. The minimum atomic E-state index is 0.601. The Hall–Kier alpha value is -2.99. The Labute approximate surface area is 123 Å². The highest BCUT2D eigenvalue weighted by Gasteiger charge is 2.03. The molecule has 102 valence electrons. The van der Waals surface area contributed by atoms with Gasteiger partial charge in [-0.2, -0.15) is 5.26 Å². The van der Waals surface area contributed by atoms with Crippen molar-refractivity contribution in [2.75, 3.05) is 11.1 Å². The van der Waals surface area contributed by atoms with Crippen molar-refractivity contribution in [3.63, 3.8) is 0 Å². The average molecular weight is 273 g/mol. The Morgan fingerprint density at radius 1 is 1.00 bits per heavy atom. The van der Waals surface area contributed by atoms with Gasteiger partial charge in [0.15, 0.2) is 0 Å². The number of rotatable bonds is 3. The highest BCUT2D eigenvalue weighted by Crippen LogP contribution is 2.23. The maximum atomic E-state index is 8.96. The van der Waals surface area contributed by atoms with Gasteiger partial charge in [-0.3, -0.25) is 0 Å². The van der Waals surface area contributed by atoms with E-state index < -0.39 is 0 Å². The predicted molar refractivity (Wildman–Crippen MR) is 86.8 cm³/mol. The van der Waals surface area contributed by atoms with Crippen molar-refractivity contribution in [1.29, 1.82) is 5.26 Å². The number of nitrogens with zero attached hydrogens (tertiary/aromatic N) is 1. The normalized spacial score (nSPS) is 10.2. The third kappa shape index (κ3) is 2.65. The number of nitrogens with one attached hydrogen (secondary N) is 1. The molecule has 0 spiro atoms. The molecular weight excluding hydrogens is 258 g/mol. The number of nitriles is 1. The fraction of sp³-hybridized carbons (Fsp3) is 0.0556. The number of fused-ring (bicyclic) bond motifs is 1. The predicted octanol–water partition coefficient (Wildman–Crippen LogP) is 3.91. The lowest BCUT2D eigenvalue weighted by Crippen LogP contribution is -2.03. The Kier molecular flexibility index (Phi) is 3.44. The molecule has 0 saturated heterocycles. The molecule has 0 aliphatic rings. The summed E-state index contributed by atoms with van der Waals surface area (Å²) in [5, 5.41) is 14.7. The van der Waals surface area contributed by atoms with E-state index in [9.17, 15) is 0 Å². The number of benzene rings is 3. The summed E-state index contributed by atoms with van der Waals surface area (Å²) < 4.78 is 0. The molecule has 21 heavy (non-hydrogen) atoms. The van der Waals surface area contributed by atoms with Crippen LogP contribution in [0.3, 0.4) is 0 Å². The first-order valence-electron chi connectivity index (χ1n) is 6.78. The molecule has 0 fully saturated rings. The van der Waals surface area contributed by atoms with Crippen molar-refractivity contribution in [1.82, 2.24) is 0 Å². The molecule has 3 aromatic carbocycles. The Bertz CT molecular complexity index is 826. The van der Waals surface area contributed by atoms with Gasteiger partial charge >= 0.3 is 0 Å². The monoisotopic (exact) mass is 273 g/mol. The van der Waals surface area contributed by atoms with Gasteiger partial charge in [-0.25, -0.2) is 0 Å². The molecule has 3 N–H and O–H groups in total. The van der Waals surface area contributed by atoms with Crippen LogP contribution >= 0.6 is 0 Å². The summed E-state index contributed by atoms with van der Waals surface area (Å²) in [7, 11) is 0.